The van der Waals surface area contributed by atoms with Gasteiger partial charge in [-0.2, -0.15) is 0 Å². The van der Waals surface area contributed by atoms with Gasteiger partial charge in [0.15, 0.2) is 5.13 Å². The average molecular weight is 408 g/mol. The first-order valence-electron chi connectivity index (χ1n) is 8.81. The van der Waals surface area contributed by atoms with Gasteiger partial charge in [-0.3, -0.25) is 4.98 Å². The first-order valence-corrected chi connectivity index (χ1v) is 10.1. The number of nitrogens with one attached hydrogen (secondary N) is 1. The van der Waals surface area contributed by atoms with Crippen LogP contribution in [0.5, 0.6) is 0 Å². The Morgan fingerprint density at radius 2 is 1.79 bits per heavy atom. The standard InChI is InChI=1S/C21H18ClN5S/c1-13-17(11-15-6-8-16(22)9-7-15)20(25-14(2)24-13)27-21-26-19(12-28-21)18-5-3-4-10-23-18/h3-10,12H,11H2,1-2H3,(H,24,25,26,27). The van der Waals surface area contributed by atoms with E-state index in [-0.39, 0.29) is 0 Å². The fourth-order valence-electron chi connectivity index (χ4n) is 2.92. The SMILES string of the molecule is Cc1nc(C)c(Cc2ccc(Cl)cc2)c(Nc2nc(-c3ccccn3)cs2)n1. The van der Waals surface area contributed by atoms with Crippen molar-refractivity contribution in [3.8, 4) is 11.4 Å². The lowest BCUT2D eigenvalue weighted by molar-refractivity contribution is 0.965. The zero-order valence-corrected chi connectivity index (χ0v) is 17.1. The predicted octanol–water partition coefficient (Wildman–Crippen LogP) is 5.60. The zero-order valence-electron chi connectivity index (χ0n) is 15.5. The molecule has 0 saturated carbocycles. The maximum atomic E-state index is 6.01. The van der Waals surface area contributed by atoms with E-state index in [9.17, 15) is 0 Å². The van der Waals surface area contributed by atoms with Crippen molar-refractivity contribution >= 4 is 33.9 Å². The van der Waals surface area contributed by atoms with Gasteiger partial charge in [0.25, 0.3) is 0 Å². The lowest BCUT2D eigenvalue weighted by atomic mass is 10.0. The molecule has 1 aromatic carbocycles. The molecule has 140 valence electrons. The highest BCUT2D eigenvalue weighted by Crippen LogP contribution is 2.28. The molecule has 5 nitrogen and oxygen atoms in total. The largest absolute Gasteiger partial charge is 0.316 e. The van der Waals surface area contributed by atoms with Crippen molar-refractivity contribution in [2.24, 2.45) is 0 Å². The maximum absolute atomic E-state index is 6.01. The molecule has 0 amide bonds. The first kappa shape index (κ1) is 18.5. The minimum atomic E-state index is 0.712. The number of halogens is 1. The van der Waals surface area contributed by atoms with Gasteiger partial charge in [-0.05, 0) is 43.7 Å². The Morgan fingerprint density at radius 1 is 0.964 bits per heavy atom. The van der Waals surface area contributed by atoms with Gasteiger partial charge in [-0.1, -0.05) is 29.8 Å². The maximum Gasteiger partial charge on any atom is 0.188 e. The Morgan fingerprint density at radius 3 is 2.54 bits per heavy atom. The number of hydrogen-bond donors (Lipinski definition) is 1. The number of pyridine rings is 1. The molecule has 0 fully saturated rings. The van der Waals surface area contributed by atoms with Crippen molar-refractivity contribution in [1.29, 1.82) is 0 Å². The predicted molar refractivity (Wildman–Crippen MR) is 114 cm³/mol. The summed E-state index contributed by atoms with van der Waals surface area (Å²) in [5.41, 5.74) is 4.84. The molecule has 0 saturated heterocycles. The molecule has 7 heteroatoms. The normalized spacial score (nSPS) is 10.8. The third-order valence-corrected chi connectivity index (χ3v) is 5.29. The summed E-state index contributed by atoms with van der Waals surface area (Å²) < 4.78 is 0. The van der Waals surface area contributed by atoms with Gasteiger partial charge in [0.1, 0.15) is 17.3 Å². The number of aryl methyl sites for hydroxylation is 2. The number of hydrogen-bond acceptors (Lipinski definition) is 6. The molecule has 1 N–H and O–H groups in total. The van der Waals surface area contributed by atoms with E-state index in [1.807, 2.05) is 61.7 Å². The van der Waals surface area contributed by atoms with Gasteiger partial charge in [0, 0.05) is 34.3 Å². The summed E-state index contributed by atoms with van der Waals surface area (Å²) in [5, 5.41) is 6.87. The summed E-state index contributed by atoms with van der Waals surface area (Å²) >= 11 is 7.54. The summed E-state index contributed by atoms with van der Waals surface area (Å²) in [5.74, 6) is 1.50. The van der Waals surface area contributed by atoms with Gasteiger partial charge < -0.3 is 5.32 Å². The van der Waals surface area contributed by atoms with Crippen LogP contribution in [0.1, 0.15) is 22.6 Å². The quantitative estimate of drug-likeness (QED) is 0.466. The van der Waals surface area contributed by atoms with Crippen molar-refractivity contribution < 1.29 is 0 Å². The summed E-state index contributed by atoms with van der Waals surface area (Å²) in [6, 6.07) is 13.6. The van der Waals surface area contributed by atoms with Crippen LogP contribution >= 0.6 is 22.9 Å². The van der Waals surface area contributed by atoms with Crippen LogP contribution in [0.3, 0.4) is 0 Å². The van der Waals surface area contributed by atoms with Crippen LogP contribution in [-0.4, -0.2) is 19.9 Å². The van der Waals surface area contributed by atoms with Crippen molar-refractivity contribution in [2.75, 3.05) is 5.32 Å². The van der Waals surface area contributed by atoms with Crippen LogP contribution in [0, 0.1) is 13.8 Å². The van der Waals surface area contributed by atoms with E-state index in [1.54, 1.807) is 6.20 Å². The first-order chi connectivity index (χ1) is 13.6. The fourth-order valence-corrected chi connectivity index (χ4v) is 3.75. The molecule has 0 spiro atoms. The Labute approximate surface area is 172 Å². The Balaban J connectivity index is 1.64. The fraction of sp³-hybridized carbons (Fsp3) is 0.143. The molecule has 0 aliphatic carbocycles. The number of benzene rings is 1. The Kier molecular flexibility index (Phi) is 5.32. The second kappa shape index (κ2) is 8.04. The van der Waals surface area contributed by atoms with Crippen LogP contribution in [0.2, 0.25) is 5.02 Å². The van der Waals surface area contributed by atoms with Crippen LogP contribution in [0.15, 0.2) is 54.0 Å². The van der Waals surface area contributed by atoms with E-state index in [0.29, 0.717) is 6.42 Å². The molecule has 0 bridgehead atoms. The molecule has 3 aromatic heterocycles. The molecule has 4 aromatic rings. The van der Waals surface area contributed by atoms with Crippen molar-refractivity contribution in [3.63, 3.8) is 0 Å². The number of thiazole rings is 1. The molecule has 4 rings (SSSR count). The minimum absolute atomic E-state index is 0.712. The third kappa shape index (κ3) is 4.18. The third-order valence-electron chi connectivity index (χ3n) is 4.28. The van der Waals surface area contributed by atoms with Crippen LogP contribution in [0.25, 0.3) is 11.4 Å². The molecular weight excluding hydrogens is 390 g/mol. The van der Waals surface area contributed by atoms with Gasteiger partial charge in [0.2, 0.25) is 0 Å². The molecule has 0 aliphatic heterocycles. The highest BCUT2D eigenvalue weighted by molar-refractivity contribution is 7.14. The number of nitrogens with zero attached hydrogens (tertiary/aromatic N) is 4. The summed E-state index contributed by atoms with van der Waals surface area (Å²) in [6.45, 7) is 3.90. The van der Waals surface area contributed by atoms with Gasteiger partial charge in [0.05, 0.1) is 5.69 Å². The second-order valence-corrected chi connectivity index (χ2v) is 7.66. The lowest BCUT2D eigenvalue weighted by Gasteiger charge is -2.13. The summed E-state index contributed by atoms with van der Waals surface area (Å²) in [7, 11) is 0. The summed E-state index contributed by atoms with van der Waals surface area (Å²) in [6.07, 6.45) is 2.48. The van der Waals surface area contributed by atoms with Gasteiger partial charge in [-0.15, -0.1) is 11.3 Å². The van der Waals surface area contributed by atoms with E-state index in [2.05, 4.69) is 25.3 Å². The Hall–Kier alpha value is -2.83. The highest BCUT2D eigenvalue weighted by Gasteiger charge is 2.14. The number of aromatic nitrogens is 4. The molecule has 3 heterocycles. The van der Waals surface area contributed by atoms with E-state index in [1.165, 1.54) is 11.3 Å². The number of anilines is 2. The lowest BCUT2D eigenvalue weighted by Crippen LogP contribution is -2.06. The smallest absolute Gasteiger partial charge is 0.188 e. The molecule has 0 radical (unpaired) electrons. The molecular formula is C21H18ClN5S. The van der Waals surface area contributed by atoms with Crippen LogP contribution in [0.4, 0.5) is 10.9 Å². The van der Waals surface area contributed by atoms with Crippen molar-refractivity contribution in [3.05, 3.63) is 81.7 Å². The average Bonchev–Trinajstić information content (AvgIpc) is 3.15. The number of rotatable bonds is 5. The van der Waals surface area contributed by atoms with Crippen LogP contribution < -0.4 is 5.32 Å². The molecule has 0 atom stereocenters. The Bertz CT molecular complexity index is 1090. The van der Waals surface area contributed by atoms with Crippen molar-refractivity contribution in [1.82, 2.24) is 19.9 Å². The summed E-state index contributed by atoms with van der Waals surface area (Å²) in [4.78, 5) is 18.2. The van der Waals surface area contributed by atoms with Crippen molar-refractivity contribution in [2.45, 2.75) is 20.3 Å². The highest BCUT2D eigenvalue weighted by atomic mass is 35.5. The topological polar surface area (TPSA) is 63.6 Å². The monoisotopic (exact) mass is 407 g/mol. The van der Waals surface area contributed by atoms with Gasteiger partial charge in [-0.25, -0.2) is 15.0 Å². The zero-order chi connectivity index (χ0) is 19.5. The molecule has 28 heavy (non-hydrogen) atoms. The second-order valence-electron chi connectivity index (χ2n) is 6.36. The van der Waals surface area contributed by atoms with E-state index in [4.69, 9.17) is 11.6 Å². The van der Waals surface area contributed by atoms with E-state index in [0.717, 1.165) is 50.0 Å². The van der Waals surface area contributed by atoms with E-state index < -0.39 is 0 Å². The van der Waals surface area contributed by atoms with Crippen LogP contribution in [-0.2, 0) is 6.42 Å². The van der Waals surface area contributed by atoms with Gasteiger partial charge >= 0.3 is 0 Å². The molecule has 0 unspecified atom stereocenters. The molecule has 0 aliphatic rings. The van der Waals surface area contributed by atoms with E-state index >= 15 is 0 Å². The minimum Gasteiger partial charge on any atom is -0.316 e.